The molecule has 1 saturated heterocycles. The van der Waals surface area contributed by atoms with Crippen LogP contribution in [0.3, 0.4) is 0 Å². The summed E-state index contributed by atoms with van der Waals surface area (Å²) in [5, 5.41) is 9.80. The SMILES string of the molecule is O=C1NCCNC1Cc1nc(-c2ncccc2Br)no1. The molecule has 0 aliphatic carbocycles. The van der Waals surface area contributed by atoms with Crippen molar-refractivity contribution in [3.63, 3.8) is 0 Å². The third-order valence-electron chi connectivity index (χ3n) is 2.95. The number of hydrogen-bond donors (Lipinski definition) is 2. The van der Waals surface area contributed by atoms with Crippen molar-refractivity contribution >= 4 is 21.8 Å². The Balaban J connectivity index is 1.77. The van der Waals surface area contributed by atoms with Crippen LogP contribution in [0.4, 0.5) is 0 Å². The summed E-state index contributed by atoms with van der Waals surface area (Å²) in [7, 11) is 0. The zero-order chi connectivity index (χ0) is 13.9. The number of amides is 1. The van der Waals surface area contributed by atoms with Gasteiger partial charge in [0.25, 0.3) is 0 Å². The van der Waals surface area contributed by atoms with Crippen molar-refractivity contribution in [3.8, 4) is 11.5 Å². The third kappa shape index (κ3) is 2.70. The Morgan fingerprint density at radius 2 is 2.35 bits per heavy atom. The summed E-state index contributed by atoms with van der Waals surface area (Å²) in [6.07, 6.45) is 2.02. The van der Waals surface area contributed by atoms with Crippen molar-refractivity contribution in [2.75, 3.05) is 13.1 Å². The molecule has 20 heavy (non-hydrogen) atoms. The number of piperazine rings is 1. The molecule has 7 nitrogen and oxygen atoms in total. The summed E-state index contributed by atoms with van der Waals surface area (Å²) < 4.78 is 5.98. The van der Waals surface area contributed by atoms with Crippen molar-refractivity contribution < 1.29 is 9.32 Å². The van der Waals surface area contributed by atoms with E-state index in [1.807, 2.05) is 12.1 Å². The fourth-order valence-electron chi connectivity index (χ4n) is 1.97. The van der Waals surface area contributed by atoms with Gasteiger partial charge >= 0.3 is 0 Å². The van der Waals surface area contributed by atoms with Crippen LogP contribution < -0.4 is 10.6 Å². The standard InChI is InChI=1S/C12H12BrN5O2/c13-7-2-1-3-15-10(7)11-17-9(20-18-11)6-8-12(19)16-5-4-14-8/h1-3,8,14H,4-6H2,(H,16,19). The molecular formula is C12H12BrN5O2. The quantitative estimate of drug-likeness (QED) is 0.848. The van der Waals surface area contributed by atoms with Gasteiger partial charge in [-0.3, -0.25) is 9.78 Å². The van der Waals surface area contributed by atoms with Gasteiger partial charge in [-0.05, 0) is 28.1 Å². The van der Waals surface area contributed by atoms with Crippen LogP contribution in [0.5, 0.6) is 0 Å². The number of rotatable bonds is 3. The lowest BCUT2D eigenvalue weighted by Gasteiger charge is -2.21. The molecule has 0 saturated carbocycles. The van der Waals surface area contributed by atoms with Crippen molar-refractivity contribution in [3.05, 3.63) is 28.7 Å². The van der Waals surface area contributed by atoms with Crippen LogP contribution in [0.2, 0.25) is 0 Å². The molecule has 104 valence electrons. The summed E-state index contributed by atoms with van der Waals surface area (Å²) in [5.41, 5.74) is 0.614. The Kier molecular flexibility index (Phi) is 3.75. The third-order valence-corrected chi connectivity index (χ3v) is 3.59. The van der Waals surface area contributed by atoms with Gasteiger partial charge in [0.1, 0.15) is 5.69 Å². The number of nitrogens with zero attached hydrogens (tertiary/aromatic N) is 3. The minimum atomic E-state index is -0.329. The van der Waals surface area contributed by atoms with Gasteiger partial charge in [0.15, 0.2) is 0 Å². The van der Waals surface area contributed by atoms with Crippen LogP contribution in [-0.2, 0) is 11.2 Å². The first-order valence-corrected chi connectivity index (χ1v) is 6.98. The Hall–Kier alpha value is -1.80. The molecule has 1 amide bonds. The van der Waals surface area contributed by atoms with Gasteiger partial charge in [-0.15, -0.1) is 0 Å². The first kappa shape index (κ1) is 13.2. The fraction of sp³-hybridized carbons (Fsp3) is 0.333. The average molecular weight is 338 g/mol. The summed E-state index contributed by atoms with van der Waals surface area (Å²) in [5.74, 6) is 0.769. The molecule has 2 aromatic heterocycles. The summed E-state index contributed by atoms with van der Waals surface area (Å²) >= 11 is 3.39. The van der Waals surface area contributed by atoms with Crippen molar-refractivity contribution in [1.29, 1.82) is 0 Å². The lowest BCUT2D eigenvalue weighted by molar-refractivity contribution is -0.124. The lowest BCUT2D eigenvalue weighted by Crippen LogP contribution is -2.53. The van der Waals surface area contributed by atoms with E-state index in [4.69, 9.17) is 4.52 Å². The number of halogens is 1. The molecule has 2 N–H and O–H groups in total. The number of nitrogens with one attached hydrogen (secondary N) is 2. The molecule has 1 aliphatic rings. The van der Waals surface area contributed by atoms with Crippen LogP contribution in [0.15, 0.2) is 27.3 Å². The van der Waals surface area contributed by atoms with Crippen molar-refractivity contribution in [2.24, 2.45) is 0 Å². The molecule has 3 rings (SSSR count). The highest BCUT2D eigenvalue weighted by Crippen LogP contribution is 2.23. The zero-order valence-corrected chi connectivity index (χ0v) is 12.1. The van der Waals surface area contributed by atoms with Gasteiger partial charge in [-0.1, -0.05) is 5.16 Å². The van der Waals surface area contributed by atoms with E-state index >= 15 is 0 Å². The normalized spacial score (nSPS) is 18.9. The molecule has 0 aromatic carbocycles. The second-order valence-corrected chi connectivity index (χ2v) is 5.20. The van der Waals surface area contributed by atoms with Crippen LogP contribution in [0, 0.1) is 0 Å². The molecule has 3 heterocycles. The van der Waals surface area contributed by atoms with Gasteiger partial charge in [0.05, 0.1) is 12.5 Å². The van der Waals surface area contributed by atoms with Gasteiger partial charge in [0.2, 0.25) is 17.6 Å². The predicted molar refractivity (Wildman–Crippen MR) is 73.7 cm³/mol. The first-order chi connectivity index (χ1) is 9.74. The van der Waals surface area contributed by atoms with Crippen LogP contribution in [0.1, 0.15) is 5.89 Å². The van der Waals surface area contributed by atoms with Crippen LogP contribution >= 0.6 is 15.9 Å². The second-order valence-electron chi connectivity index (χ2n) is 4.35. The van der Waals surface area contributed by atoms with Gasteiger partial charge in [-0.2, -0.15) is 4.98 Å². The highest BCUT2D eigenvalue weighted by Gasteiger charge is 2.24. The molecule has 8 heteroatoms. The molecule has 0 bridgehead atoms. The molecule has 0 spiro atoms. The molecular weight excluding hydrogens is 326 g/mol. The smallest absolute Gasteiger partial charge is 0.237 e. The Labute approximate surface area is 123 Å². The Morgan fingerprint density at radius 3 is 3.15 bits per heavy atom. The van der Waals surface area contributed by atoms with E-state index < -0.39 is 0 Å². The first-order valence-electron chi connectivity index (χ1n) is 6.18. The zero-order valence-electron chi connectivity index (χ0n) is 10.5. The maximum atomic E-state index is 11.6. The summed E-state index contributed by atoms with van der Waals surface area (Å²) in [4.78, 5) is 20.1. The minimum Gasteiger partial charge on any atom is -0.353 e. The van der Waals surface area contributed by atoms with Gasteiger partial charge in [0, 0.05) is 23.8 Å². The number of pyridine rings is 1. The number of aromatic nitrogens is 3. The van der Waals surface area contributed by atoms with E-state index in [1.54, 1.807) is 6.20 Å². The molecule has 1 unspecified atom stereocenters. The van der Waals surface area contributed by atoms with Crippen LogP contribution in [-0.4, -0.2) is 40.2 Å². The van der Waals surface area contributed by atoms with E-state index in [0.717, 1.165) is 11.0 Å². The second kappa shape index (κ2) is 5.68. The largest absolute Gasteiger partial charge is 0.353 e. The lowest BCUT2D eigenvalue weighted by atomic mass is 10.1. The molecule has 0 radical (unpaired) electrons. The van der Waals surface area contributed by atoms with E-state index in [2.05, 4.69) is 41.7 Å². The maximum absolute atomic E-state index is 11.6. The molecule has 1 aliphatic heterocycles. The van der Waals surface area contributed by atoms with Crippen molar-refractivity contribution in [2.45, 2.75) is 12.5 Å². The topological polar surface area (TPSA) is 92.9 Å². The minimum absolute atomic E-state index is 0.0463. The summed E-state index contributed by atoms with van der Waals surface area (Å²) in [6.45, 7) is 1.38. The van der Waals surface area contributed by atoms with Gasteiger partial charge in [-0.25, -0.2) is 0 Å². The number of carbonyl (C=O) groups is 1. The highest BCUT2D eigenvalue weighted by molar-refractivity contribution is 9.10. The predicted octanol–water partition coefficient (Wildman–Crippen LogP) is 0.525. The summed E-state index contributed by atoms with van der Waals surface area (Å²) in [6, 6.07) is 3.34. The van der Waals surface area contributed by atoms with E-state index in [0.29, 0.717) is 30.4 Å². The Morgan fingerprint density at radius 1 is 1.45 bits per heavy atom. The van der Waals surface area contributed by atoms with E-state index in [9.17, 15) is 4.79 Å². The van der Waals surface area contributed by atoms with E-state index in [1.165, 1.54) is 0 Å². The molecule has 1 atom stereocenters. The van der Waals surface area contributed by atoms with Crippen molar-refractivity contribution in [1.82, 2.24) is 25.8 Å². The highest BCUT2D eigenvalue weighted by atomic mass is 79.9. The molecule has 1 fully saturated rings. The Bertz CT molecular complexity index is 630. The van der Waals surface area contributed by atoms with Gasteiger partial charge < -0.3 is 15.2 Å². The number of carbonyl (C=O) groups excluding carboxylic acids is 1. The number of hydrogen-bond acceptors (Lipinski definition) is 6. The maximum Gasteiger partial charge on any atom is 0.237 e. The molecule has 2 aromatic rings. The van der Waals surface area contributed by atoms with E-state index in [-0.39, 0.29) is 11.9 Å². The fourth-order valence-corrected chi connectivity index (χ4v) is 2.40. The van der Waals surface area contributed by atoms with Crippen LogP contribution in [0.25, 0.3) is 11.5 Å². The average Bonchev–Trinajstić information content (AvgIpc) is 2.90. The monoisotopic (exact) mass is 337 g/mol.